The molecule has 0 aromatic rings. The van der Waals surface area contributed by atoms with Crippen LogP contribution in [-0.4, -0.2) is 47.5 Å². The number of carbonyl (C=O) groups excluding carboxylic acids is 2. The molecule has 0 aliphatic carbocycles. The normalized spacial score (nSPS) is 13.3. The molecule has 0 fully saturated rings. The smallest absolute Gasteiger partial charge is 0.408 e. The van der Waals surface area contributed by atoms with Crippen molar-refractivity contribution in [2.45, 2.75) is 71.6 Å². The van der Waals surface area contributed by atoms with Gasteiger partial charge in [-0.1, -0.05) is 0 Å². The lowest BCUT2D eigenvalue weighted by Gasteiger charge is -2.26. The Morgan fingerprint density at radius 1 is 1.04 bits per heavy atom. The first-order chi connectivity index (χ1) is 10.4. The molecule has 0 saturated carbocycles. The van der Waals surface area contributed by atoms with E-state index in [1.807, 2.05) is 0 Å². The lowest BCUT2D eigenvalue weighted by molar-refractivity contribution is -0.157. The van der Waals surface area contributed by atoms with Gasteiger partial charge < -0.3 is 14.8 Å². The van der Waals surface area contributed by atoms with Crippen LogP contribution in [0.15, 0.2) is 0 Å². The fraction of sp³-hybridized carbons (Fsp3) is 0.875. The van der Waals surface area contributed by atoms with Gasteiger partial charge in [0.1, 0.15) is 17.2 Å². The summed E-state index contributed by atoms with van der Waals surface area (Å²) in [6.07, 6.45) is 0.244. The van der Waals surface area contributed by atoms with Crippen LogP contribution in [0, 0.1) is 0 Å². The van der Waals surface area contributed by atoms with E-state index in [1.54, 1.807) is 53.3 Å². The molecular formula is C16H30FNO4S. The minimum Gasteiger partial charge on any atom is -0.458 e. The van der Waals surface area contributed by atoms with E-state index < -0.39 is 29.3 Å². The van der Waals surface area contributed by atoms with Gasteiger partial charge in [0, 0.05) is 0 Å². The third-order valence-corrected chi connectivity index (χ3v) is 3.46. The van der Waals surface area contributed by atoms with Crippen molar-refractivity contribution in [2.24, 2.45) is 0 Å². The number of thioether (sulfide) groups is 1. The van der Waals surface area contributed by atoms with Crippen molar-refractivity contribution in [3.8, 4) is 0 Å². The van der Waals surface area contributed by atoms with Gasteiger partial charge >= 0.3 is 12.1 Å². The number of amides is 1. The van der Waals surface area contributed by atoms with Crippen LogP contribution in [0.25, 0.3) is 0 Å². The summed E-state index contributed by atoms with van der Waals surface area (Å²) < 4.78 is 22.6. The molecule has 136 valence electrons. The molecular weight excluding hydrogens is 321 g/mol. The van der Waals surface area contributed by atoms with E-state index in [2.05, 4.69) is 5.32 Å². The van der Waals surface area contributed by atoms with Crippen molar-refractivity contribution in [2.75, 3.05) is 18.2 Å². The van der Waals surface area contributed by atoms with Crippen LogP contribution in [0.4, 0.5) is 9.18 Å². The second-order valence-corrected chi connectivity index (χ2v) is 8.40. The van der Waals surface area contributed by atoms with Crippen molar-refractivity contribution in [1.82, 2.24) is 5.32 Å². The van der Waals surface area contributed by atoms with E-state index in [1.165, 1.54) is 0 Å². The SMILES string of the molecule is CC(C)(C)OC(=O)N[C@@H](CCSCCCF)C(=O)OC(C)(C)C. The Bertz CT molecular complexity index is 377. The molecule has 1 N–H and O–H groups in total. The summed E-state index contributed by atoms with van der Waals surface area (Å²) >= 11 is 1.54. The molecule has 0 saturated heterocycles. The number of alkyl halides is 1. The van der Waals surface area contributed by atoms with Crippen LogP contribution in [0.3, 0.4) is 0 Å². The average molecular weight is 351 g/mol. The number of nitrogens with one attached hydrogen (secondary N) is 1. The molecule has 23 heavy (non-hydrogen) atoms. The quantitative estimate of drug-likeness (QED) is 0.533. The highest BCUT2D eigenvalue weighted by atomic mass is 32.2. The van der Waals surface area contributed by atoms with E-state index in [0.717, 1.165) is 0 Å². The Morgan fingerprint density at radius 3 is 2.09 bits per heavy atom. The maximum absolute atomic E-state index is 12.2. The van der Waals surface area contributed by atoms with Gasteiger partial charge in [-0.15, -0.1) is 0 Å². The number of esters is 1. The zero-order valence-corrected chi connectivity index (χ0v) is 15.8. The summed E-state index contributed by atoms with van der Waals surface area (Å²) in [5.74, 6) is 0.818. The lowest BCUT2D eigenvalue weighted by Crippen LogP contribution is -2.46. The molecule has 0 aliphatic heterocycles. The number of alkyl carbamates (subject to hydrolysis) is 1. The van der Waals surface area contributed by atoms with E-state index in [9.17, 15) is 14.0 Å². The van der Waals surface area contributed by atoms with E-state index in [-0.39, 0.29) is 6.67 Å². The molecule has 0 unspecified atom stereocenters. The molecule has 0 aromatic heterocycles. The predicted molar refractivity (Wildman–Crippen MR) is 91.5 cm³/mol. The number of halogens is 1. The standard InChI is InChI=1S/C16H30FNO4S/c1-15(2,3)21-13(19)12(8-11-23-10-7-9-17)18-14(20)22-16(4,5)6/h12H,7-11H2,1-6H3,(H,18,20)/t12-/m0/s1. The fourth-order valence-corrected chi connectivity index (χ4v) is 2.45. The van der Waals surface area contributed by atoms with Gasteiger partial charge in [0.05, 0.1) is 6.67 Å². The molecule has 0 radical (unpaired) electrons. The Kier molecular flexibility index (Phi) is 9.58. The molecule has 7 heteroatoms. The maximum atomic E-state index is 12.2. The predicted octanol–water partition coefficient (Wildman–Crippen LogP) is 3.70. The Labute approximate surface area is 143 Å². The van der Waals surface area contributed by atoms with Gasteiger partial charge in [-0.25, -0.2) is 9.59 Å². The molecule has 0 heterocycles. The van der Waals surface area contributed by atoms with Crippen LogP contribution in [0.5, 0.6) is 0 Å². The summed E-state index contributed by atoms with van der Waals surface area (Å²) in [5, 5.41) is 2.56. The van der Waals surface area contributed by atoms with Crippen molar-refractivity contribution in [3.05, 3.63) is 0 Å². The minimum absolute atomic E-state index is 0.349. The maximum Gasteiger partial charge on any atom is 0.408 e. The number of rotatable bonds is 8. The van der Waals surface area contributed by atoms with Gasteiger partial charge in [-0.05, 0) is 65.9 Å². The van der Waals surface area contributed by atoms with Crippen LogP contribution in [0.1, 0.15) is 54.4 Å². The van der Waals surface area contributed by atoms with E-state index in [0.29, 0.717) is 24.3 Å². The van der Waals surface area contributed by atoms with Crippen molar-refractivity contribution in [3.63, 3.8) is 0 Å². The zero-order valence-electron chi connectivity index (χ0n) is 15.0. The summed E-state index contributed by atoms with van der Waals surface area (Å²) in [6.45, 7) is 10.2. The van der Waals surface area contributed by atoms with Crippen LogP contribution >= 0.6 is 11.8 Å². The van der Waals surface area contributed by atoms with Crippen molar-refractivity contribution in [1.29, 1.82) is 0 Å². The van der Waals surface area contributed by atoms with Gasteiger partial charge in [-0.2, -0.15) is 11.8 Å². The number of ether oxygens (including phenoxy) is 2. The lowest BCUT2D eigenvalue weighted by atomic mass is 10.1. The fourth-order valence-electron chi connectivity index (χ4n) is 1.53. The van der Waals surface area contributed by atoms with Gasteiger partial charge in [-0.3, -0.25) is 4.39 Å². The van der Waals surface area contributed by atoms with Crippen LogP contribution in [-0.2, 0) is 14.3 Å². The van der Waals surface area contributed by atoms with Crippen LogP contribution in [0.2, 0.25) is 0 Å². The number of carbonyl (C=O) groups is 2. The molecule has 0 rings (SSSR count). The zero-order chi connectivity index (χ0) is 18.1. The molecule has 5 nitrogen and oxygen atoms in total. The summed E-state index contributed by atoms with van der Waals surface area (Å²) in [7, 11) is 0. The molecule has 0 spiro atoms. The molecule has 0 bridgehead atoms. The van der Waals surface area contributed by atoms with Crippen molar-refractivity contribution < 1.29 is 23.5 Å². The highest BCUT2D eigenvalue weighted by Gasteiger charge is 2.28. The number of hydrogen-bond donors (Lipinski definition) is 1. The largest absolute Gasteiger partial charge is 0.458 e. The molecule has 1 amide bonds. The second-order valence-electron chi connectivity index (χ2n) is 7.18. The van der Waals surface area contributed by atoms with E-state index in [4.69, 9.17) is 9.47 Å². The van der Waals surface area contributed by atoms with Gasteiger partial charge in [0.25, 0.3) is 0 Å². The minimum atomic E-state index is -0.776. The first-order valence-electron chi connectivity index (χ1n) is 7.80. The molecule has 1 atom stereocenters. The Hall–Kier alpha value is -0.980. The average Bonchev–Trinajstić information content (AvgIpc) is 2.32. The third-order valence-electron chi connectivity index (χ3n) is 2.36. The number of hydrogen-bond acceptors (Lipinski definition) is 5. The highest BCUT2D eigenvalue weighted by molar-refractivity contribution is 7.99. The summed E-state index contributed by atoms with van der Waals surface area (Å²) in [6, 6.07) is -0.776. The second kappa shape index (κ2) is 10.0. The monoisotopic (exact) mass is 351 g/mol. The Morgan fingerprint density at radius 2 is 1.61 bits per heavy atom. The summed E-state index contributed by atoms with van der Waals surface area (Å²) in [5.41, 5.74) is -1.27. The first kappa shape index (κ1) is 22.0. The van der Waals surface area contributed by atoms with Crippen LogP contribution < -0.4 is 5.32 Å². The first-order valence-corrected chi connectivity index (χ1v) is 8.96. The topological polar surface area (TPSA) is 64.6 Å². The van der Waals surface area contributed by atoms with Crippen molar-refractivity contribution >= 4 is 23.8 Å². The molecule has 0 aromatic carbocycles. The van der Waals surface area contributed by atoms with Gasteiger partial charge in [0.2, 0.25) is 0 Å². The molecule has 0 aliphatic rings. The van der Waals surface area contributed by atoms with Gasteiger partial charge in [0.15, 0.2) is 0 Å². The Balaban J connectivity index is 4.60. The summed E-state index contributed by atoms with van der Waals surface area (Å²) in [4.78, 5) is 24.1. The van der Waals surface area contributed by atoms with E-state index >= 15 is 0 Å². The highest BCUT2D eigenvalue weighted by Crippen LogP contribution is 2.14. The third kappa shape index (κ3) is 13.2.